The minimum atomic E-state index is -3.34. The molecular weight excluding hydrogens is 437 g/mol. The molecule has 2 atom stereocenters. The Bertz CT molecular complexity index is 810. The predicted octanol–water partition coefficient (Wildman–Crippen LogP) is 3.65. The highest BCUT2D eigenvalue weighted by molar-refractivity contribution is 7.62. The van der Waals surface area contributed by atoms with E-state index in [1.165, 1.54) is 12.0 Å². The largest absolute Gasteiger partial charge is 0.467 e. The van der Waals surface area contributed by atoms with Crippen LogP contribution in [0.5, 0.6) is 0 Å². The van der Waals surface area contributed by atoms with E-state index in [0.717, 1.165) is 5.56 Å². The van der Waals surface area contributed by atoms with E-state index in [0.29, 0.717) is 11.7 Å². The number of esters is 1. The van der Waals surface area contributed by atoms with Crippen LogP contribution in [0.15, 0.2) is 24.3 Å². The molecule has 0 aliphatic carbocycles. The second-order valence-corrected chi connectivity index (χ2v) is 10.4. The minimum absolute atomic E-state index is 0.219. The van der Waals surface area contributed by atoms with Gasteiger partial charge in [-0.05, 0) is 52.3 Å². The van der Waals surface area contributed by atoms with Gasteiger partial charge in [0, 0.05) is 6.42 Å². The van der Waals surface area contributed by atoms with Crippen molar-refractivity contribution >= 4 is 25.0 Å². The first-order valence-electron chi connectivity index (χ1n) is 10.7. The number of carbonyl (C=O) groups is 2. The van der Waals surface area contributed by atoms with Gasteiger partial charge in [0.15, 0.2) is 0 Å². The summed E-state index contributed by atoms with van der Waals surface area (Å²) in [6.07, 6.45) is -0.622. The van der Waals surface area contributed by atoms with E-state index in [2.05, 4.69) is 0 Å². The molecule has 1 aromatic carbocycles. The van der Waals surface area contributed by atoms with Crippen molar-refractivity contribution in [1.82, 2.24) is 4.90 Å². The van der Waals surface area contributed by atoms with Crippen LogP contribution in [0, 0.1) is 0 Å². The van der Waals surface area contributed by atoms with Crippen LogP contribution in [0.2, 0.25) is 0 Å². The zero-order valence-electron chi connectivity index (χ0n) is 19.7. The third-order valence-electron chi connectivity index (χ3n) is 4.70. The van der Waals surface area contributed by atoms with Gasteiger partial charge in [-0.25, -0.2) is 9.59 Å². The first-order chi connectivity index (χ1) is 15.0. The van der Waals surface area contributed by atoms with Gasteiger partial charge in [0.2, 0.25) is 0 Å². The van der Waals surface area contributed by atoms with Gasteiger partial charge < -0.3 is 23.3 Å². The second kappa shape index (κ2) is 11.3. The predicted molar refractivity (Wildman–Crippen MR) is 119 cm³/mol. The molecule has 0 aromatic heterocycles. The number of hydrogen-bond donors (Lipinski definition) is 0. The molecule has 32 heavy (non-hydrogen) atoms. The summed E-state index contributed by atoms with van der Waals surface area (Å²) in [6.45, 7) is 9.85. The number of amides is 1. The molecule has 1 saturated heterocycles. The van der Waals surface area contributed by atoms with Gasteiger partial charge in [-0.1, -0.05) is 12.1 Å². The van der Waals surface area contributed by atoms with Crippen molar-refractivity contribution in [1.29, 1.82) is 0 Å². The molecule has 0 radical (unpaired) electrons. The Balaban J connectivity index is 2.03. The van der Waals surface area contributed by atoms with Gasteiger partial charge in [-0.3, -0.25) is 9.46 Å². The van der Waals surface area contributed by atoms with E-state index < -0.39 is 31.3 Å². The lowest BCUT2D eigenvalue weighted by atomic mass is 10.2. The van der Waals surface area contributed by atoms with Crippen molar-refractivity contribution in [2.24, 2.45) is 0 Å². The highest BCUT2D eigenvalue weighted by Crippen LogP contribution is 2.46. The lowest BCUT2D eigenvalue weighted by Gasteiger charge is -2.27. The fourth-order valence-corrected chi connectivity index (χ4v) is 4.88. The number of hydrogen-bond acceptors (Lipinski definition) is 8. The molecule has 1 aliphatic rings. The summed E-state index contributed by atoms with van der Waals surface area (Å²) in [6, 6.07) is 6.22. The Hall–Kier alpha value is -1.93. The SMILES string of the molecule is CCOP(=O)(OCC)c1ccc(CO[C@@H]2C[C@@H](C(=O)OC)N(C(=O)OC(C)(C)C)C2)cc1. The average Bonchev–Trinajstić information content (AvgIpc) is 3.16. The van der Waals surface area contributed by atoms with Gasteiger partial charge in [0.1, 0.15) is 11.6 Å². The lowest BCUT2D eigenvalue weighted by molar-refractivity contribution is -0.145. The Morgan fingerprint density at radius 2 is 1.69 bits per heavy atom. The number of ether oxygens (including phenoxy) is 3. The van der Waals surface area contributed by atoms with Crippen LogP contribution in [-0.4, -0.2) is 61.6 Å². The molecule has 0 spiro atoms. The Labute approximate surface area is 189 Å². The highest BCUT2D eigenvalue weighted by atomic mass is 31.2. The van der Waals surface area contributed by atoms with Crippen molar-refractivity contribution in [3.63, 3.8) is 0 Å². The molecule has 10 heteroatoms. The standard InChI is InChI=1S/C22H34NO8P/c1-7-29-32(26,30-8-2)18-11-9-16(10-12-18)15-28-17-13-19(20(24)27-6)23(14-17)21(25)31-22(3,4)5/h9-12,17,19H,7-8,13-15H2,1-6H3/t17-,19+/m1/s1. The molecule has 0 saturated carbocycles. The fraction of sp³-hybridized carbons (Fsp3) is 0.636. The van der Waals surface area contributed by atoms with Crippen LogP contribution in [0.1, 0.15) is 46.6 Å². The average molecular weight is 471 g/mol. The number of nitrogens with zero attached hydrogens (tertiary/aromatic N) is 1. The smallest absolute Gasteiger partial charge is 0.411 e. The van der Waals surface area contributed by atoms with Crippen LogP contribution in [0.3, 0.4) is 0 Å². The van der Waals surface area contributed by atoms with Gasteiger partial charge >= 0.3 is 19.7 Å². The van der Waals surface area contributed by atoms with E-state index in [4.69, 9.17) is 23.3 Å². The number of carbonyl (C=O) groups excluding carboxylic acids is 2. The van der Waals surface area contributed by atoms with E-state index in [1.807, 2.05) is 0 Å². The van der Waals surface area contributed by atoms with Crippen molar-refractivity contribution in [2.45, 2.75) is 65.4 Å². The van der Waals surface area contributed by atoms with Gasteiger partial charge in [-0.2, -0.15) is 0 Å². The zero-order valence-corrected chi connectivity index (χ0v) is 20.6. The molecule has 1 heterocycles. The monoisotopic (exact) mass is 471 g/mol. The molecule has 1 aliphatic heterocycles. The van der Waals surface area contributed by atoms with Crippen molar-refractivity contribution < 1.29 is 37.4 Å². The first kappa shape index (κ1) is 26.3. The molecule has 1 fully saturated rings. The third kappa shape index (κ3) is 7.04. The summed E-state index contributed by atoms with van der Waals surface area (Å²) in [5.74, 6) is -0.506. The number of benzene rings is 1. The molecule has 0 unspecified atom stereocenters. The van der Waals surface area contributed by atoms with Crippen LogP contribution < -0.4 is 5.30 Å². The van der Waals surface area contributed by atoms with Gasteiger partial charge in [-0.15, -0.1) is 0 Å². The number of rotatable bonds is 9. The topological polar surface area (TPSA) is 101 Å². The third-order valence-corrected chi connectivity index (χ3v) is 6.83. The lowest BCUT2D eigenvalue weighted by Crippen LogP contribution is -2.44. The van der Waals surface area contributed by atoms with Gasteiger partial charge in [0.05, 0.1) is 44.9 Å². The number of methoxy groups -OCH3 is 1. The summed E-state index contributed by atoms with van der Waals surface area (Å²) in [5, 5.41) is 0.479. The fourth-order valence-electron chi connectivity index (χ4n) is 3.32. The maximum atomic E-state index is 12.9. The molecular formula is C22H34NO8P. The van der Waals surface area contributed by atoms with E-state index in [-0.39, 0.29) is 32.5 Å². The zero-order chi connectivity index (χ0) is 23.9. The Kier molecular flexibility index (Phi) is 9.28. The highest BCUT2D eigenvalue weighted by Gasteiger charge is 2.42. The molecule has 0 bridgehead atoms. The minimum Gasteiger partial charge on any atom is -0.467 e. The summed E-state index contributed by atoms with van der Waals surface area (Å²) < 4.78 is 39.8. The van der Waals surface area contributed by atoms with E-state index in [9.17, 15) is 14.2 Å². The molecule has 1 amide bonds. The van der Waals surface area contributed by atoms with E-state index >= 15 is 0 Å². The molecule has 2 rings (SSSR count). The normalized spacial score (nSPS) is 19.1. The summed E-state index contributed by atoms with van der Waals surface area (Å²) in [4.78, 5) is 26.1. The summed E-state index contributed by atoms with van der Waals surface area (Å²) in [7, 11) is -2.05. The maximum Gasteiger partial charge on any atom is 0.411 e. The van der Waals surface area contributed by atoms with Crippen molar-refractivity contribution in [3.8, 4) is 0 Å². The quantitative estimate of drug-likeness (QED) is 0.398. The van der Waals surface area contributed by atoms with E-state index in [1.54, 1.807) is 58.9 Å². The van der Waals surface area contributed by atoms with Crippen LogP contribution in [-0.2, 0) is 39.2 Å². The van der Waals surface area contributed by atoms with Crippen molar-refractivity contribution in [2.75, 3.05) is 26.9 Å². The van der Waals surface area contributed by atoms with Crippen LogP contribution in [0.25, 0.3) is 0 Å². The molecule has 180 valence electrons. The Morgan fingerprint density at radius 1 is 1.09 bits per heavy atom. The second-order valence-electron chi connectivity index (χ2n) is 8.34. The first-order valence-corrected chi connectivity index (χ1v) is 12.2. The molecule has 1 aromatic rings. The summed E-state index contributed by atoms with van der Waals surface area (Å²) in [5.41, 5.74) is 0.166. The number of likely N-dealkylation sites (tertiary alicyclic amines) is 1. The summed E-state index contributed by atoms with van der Waals surface area (Å²) >= 11 is 0. The maximum absolute atomic E-state index is 12.9. The van der Waals surface area contributed by atoms with Gasteiger partial charge in [0.25, 0.3) is 0 Å². The van der Waals surface area contributed by atoms with Crippen LogP contribution >= 0.6 is 7.60 Å². The molecule has 9 nitrogen and oxygen atoms in total. The Morgan fingerprint density at radius 3 is 2.19 bits per heavy atom. The van der Waals surface area contributed by atoms with Crippen molar-refractivity contribution in [3.05, 3.63) is 29.8 Å². The molecule has 0 N–H and O–H groups in total. The van der Waals surface area contributed by atoms with Crippen LogP contribution in [0.4, 0.5) is 4.79 Å².